The van der Waals surface area contributed by atoms with Gasteiger partial charge in [-0.3, -0.25) is 4.90 Å². The van der Waals surface area contributed by atoms with Gasteiger partial charge in [0.2, 0.25) is 0 Å². The average molecular weight is 320 g/mol. The van der Waals surface area contributed by atoms with E-state index in [1.165, 1.54) is 0 Å². The van der Waals surface area contributed by atoms with Crippen molar-refractivity contribution < 1.29 is 27.1 Å². The minimum atomic E-state index is -4.55. The Hall–Kier alpha value is -1.67. The zero-order chi connectivity index (χ0) is 16.3. The molecule has 0 amide bonds. The lowest BCUT2D eigenvalue weighted by Crippen LogP contribution is -2.49. The number of hydrogen-bond donors (Lipinski definition) is 1. The standard InChI is InChI=1S/C14H16F4N2O2/c15-11-2-1-9(14(16,17)18)7-12(11)22-10-3-5-20(6-4-10)13(19)8-21/h1-2,7-8,10,13H,3-6,19H2. The van der Waals surface area contributed by atoms with E-state index < -0.39 is 35.6 Å². The van der Waals surface area contributed by atoms with Crippen LogP contribution >= 0.6 is 0 Å². The van der Waals surface area contributed by atoms with Crippen molar-refractivity contribution in [2.45, 2.75) is 31.3 Å². The highest BCUT2D eigenvalue weighted by molar-refractivity contribution is 5.56. The fraction of sp³-hybridized carbons (Fsp3) is 0.500. The van der Waals surface area contributed by atoms with Crippen LogP contribution in [0.3, 0.4) is 0 Å². The Labute approximate surface area is 124 Å². The molecule has 1 heterocycles. The molecule has 8 heteroatoms. The Morgan fingerprint density at radius 2 is 1.95 bits per heavy atom. The van der Waals surface area contributed by atoms with E-state index in [1.807, 2.05) is 0 Å². The van der Waals surface area contributed by atoms with Gasteiger partial charge in [-0.25, -0.2) is 4.39 Å². The predicted molar refractivity (Wildman–Crippen MR) is 70.7 cm³/mol. The zero-order valence-corrected chi connectivity index (χ0v) is 11.6. The fourth-order valence-corrected chi connectivity index (χ4v) is 2.33. The molecule has 4 nitrogen and oxygen atoms in total. The van der Waals surface area contributed by atoms with E-state index in [9.17, 15) is 22.4 Å². The number of halogens is 4. The molecule has 0 spiro atoms. The molecule has 1 aliphatic heterocycles. The van der Waals surface area contributed by atoms with Crippen molar-refractivity contribution in [3.8, 4) is 5.75 Å². The number of carbonyl (C=O) groups is 1. The highest BCUT2D eigenvalue weighted by Crippen LogP contribution is 2.33. The third kappa shape index (κ3) is 3.95. The molecule has 0 aliphatic carbocycles. The molecular weight excluding hydrogens is 304 g/mol. The summed E-state index contributed by atoms with van der Waals surface area (Å²) in [4.78, 5) is 12.3. The van der Waals surface area contributed by atoms with E-state index in [1.54, 1.807) is 4.90 Å². The third-order valence-corrected chi connectivity index (χ3v) is 3.59. The summed E-state index contributed by atoms with van der Waals surface area (Å²) in [7, 11) is 0. The largest absolute Gasteiger partial charge is 0.487 e. The molecule has 1 atom stereocenters. The Balaban J connectivity index is 2.01. The monoisotopic (exact) mass is 320 g/mol. The van der Waals surface area contributed by atoms with Crippen LogP contribution in [-0.2, 0) is 11.0 Å². The van der Waals surface area contributed by atoms with Crippen LogP contribution in [0.15, 0.2) is 18.2 Å². The predicted octanol–water partition coefficient (Wildman–Crippen LogP) is 2.17. The molecule has 22 heavy (non-hydrogen) atoms. The van der Waals surface area contributed by atoms with Crippen LogP contribution in [0.25, 0.3) is 0 Å². The quantitative estimate of drug-likeness (QED) is 0.682. The van der Waals surface area contributed by atoms with Gasteiger partial charge in [0.1, 0.15) is 12.3 Å². The van der Waals surface area contributed by atoms with Gasteiger partial charge in [-0.15, -0.1) is 0 Å². The van der Waals surface area contributed by atoms with Gasteiger partial charge in [0, 0.05) is 13.1 Å². The number of aldehydes is 1. The third-order valence-electron chi connectivity index (χ3n) is 3.59. The number of nitrogens with zero attached hydrogens (tertiary/aromatic N) is 1. The summed E-state index contributed by atoms with van der Waals surface area (Å²) in [6, 6.07) is 2.09. The van der Waals surface area contributed by atoms with Gasteiger partial charge in [-0.1, -0.05) is 0 Å². The summed E-state index contributed by atoms with van der Waals surface area (Å²) in [6.45, 7) is 0.927. The van der Waals surface area contributed by atoms with Crippen molar-refractivity contribution in [1.82, 2.24) is 4.90 Å². The van der Waals surface area contributed by atoms with Gasteiger partial charge in [0.25, 0.3) is 0 Å². The summed E-state index contributed by atoms with van der Waals surface area (Å²) in [5.74, 6) is -1.24. The highest BCUT2D eigenvalue weighted by Gasteiger charge is 2.32. The maximum Gasteiger partial charge on any atom is 0.416 e. The van der Waals surface area contributed by atoms with Gasteiger partial charge in [0.15, 0.2) is 17.9 Å². The van der Waals surface area contributed by atoms with Gasteiger partial charge in [-0.2, -0.15) is 13.2 Å². The molecule has 2 rings (SSSR count). The number of likely N-dealkylation sites (tertiary alicyclic amines) is 1. The number of ether oxygens (including phenoxy) is 1. The molecule has 1 fully saturated rings. The van der Waals surface area contributed by atoms with Crippen molar-refractivity contribution in [2.75, 3.05) is 13.1 Å². The molecule has 1 aliphatic rings. The maximum absolute atomic E-state index is 13.6. The van der Waals surface area contributed by atoms with E-state index in [-0.39, 0.29) is 0 Å². The summed E-state index contributed by atoms with van der Waals surface area (Å²) in [5, 5.41) is 0. The van der Waals surface area contributed by atoms with Gasteiger partial charge < -0.3 is 15.3 Å². The second kappa shape index (κ2) is 6.62. The molecule has 0 bridgehead atoms. The van der Waals surface area contributed by atoms with E-state index in [0.29, 0.717) is 44.4 Å². The van der Waals surface area contributed by atoms with Gasteiger partial charge >= 0.3 is 6.18 Å². The van der Waals surface area contributed by atoms with Crippen LogP contribution in [0.2, 0.25) is 0 Å². The first-order chi connectivity index (χ1) is 10.3. The number of nitrogens with two attached hydrogens (primary N) is 1. The molecule has 1 aromatic carbocycles. The summed E-state index contributed by atoms with van der Waals surface area (Å²) < 4.78 is 56.8. The van der Waals surface area contributed by atoms with E-state index >= 15 is 0 Å². The molecular formula is C14H16F4N2O2. The molecule has 0 aromatic heterocycles. The van der Waals surface area contributed by atoms with Crippen LogP contribution in [0.1, 0.15) is 18.4 Å². The first kappa shape index (κ1) is 16.7. The van der Waals surface area contributed by atoms with Crippen LogP contribution in [0, 0.1) is 5.82 Å². The van der Waals surface area contributed by atoms with Crippen molar-refractivity contribution >= 4 is 6.29 Å². The number of benzene rings is 1. The Morgan fingerprint density at radius 3 is 2.50 bits per heavy atom. The minimum absolute atomic E-state index is 0.409. The fourth-order valence-electron chi connectivity index (χ4n) is 2.33. The second-order valence-electron chi connectivity index (χ2n) is 5.12. The lowest BCUT2D eigenvalue weighted by Gasteiger charge is -2.33. The van der Waals surface area contributed by atoms with Crippen molar-refractivity contribution in [3.05, 3.63) is 29.6 Å². The van der Waals surface area contributed by atoms with Crippen LogP contribution in [0.5, 0.6) is 5.75 Å². The first-order valence-electron chi connectivity index (χ1n) is 6.79. The van der Waals surface area contributed by atoms with Gasteiger partial charge in [0.05, 0.1) is 5.56 Å². The van der Waals surface area contributed by atoms with E-state index in [0.717, 1.165) is 6.07 Å². The molecule has 2 N–H and O–H groups in total. The van der Waals surface area contributed by atoms with Crippen molar-refractivity contribution in [2.24, 2.45) is 5.73 Å². The molecule has 0 saturated carbocycles. The highest BCUT2D eigenvalue weighted by atomic mass is 19.4. The number of rotatable bonds is 4. The van der Waals surface area contributed by atoms with E-state index in [2.05, 4.69) is 0 Å². The topological polar surface area (TPSA) is 55.6 Å². The average Bonchev–Trinajstić information content (AvgIpc) is 2.48. The number of alkyl halides is 3. The number of carbonyl (C=O) groups excluding carboxylic acids is 1. The molecule has 1 unspecified atom stereocenters. The molecule has 1 aromatic rings. The summed E-state index contributed by atoms with van der Waals surface area (Å²) >= 11 is 0. The maximum atomic E-state index is 13.6. The minimum Gasteiger partial charge on any atom is -0.487 e. The Kier molecular flexibility index (Phi) is 5.02. The summed E-state index contributed by atoms with van der Waals surface area (Å²) in [5.41, 5.74) is 4.62. The Bertz CT molecular complexity index is 528. The summed E-state index contributed by atoms with van der Waals surface area (Å²) in [6.07, 6.45) is -4.13. The van der Waals surface area contributed by atoms with Crippen molar-refractivity contribution in [3.63, 3.8) is 0 Å². The van der Waals surface area contributed by atoms with E-state index in [4.69, 9.17) is 10.5 Å². The Morgan fingerprint density at radius 1 is 1.32 bits per heavy atom. The lowest BCUT2D eigenvalue weighted by molar-refractivity contribution is -0.137. The zero-order valence-electron chi connectivity index (χ0n) is 11.6. The smallest absolute Gasteiger partial charge is 0.416 e. The second-order valence-corrected chi connectivity index (χ2v) is 5.12. The number of hydrogen-bond acceptors (Lipinski definition) is 4. The SMILES string of the molecule is NC(C=O)N1CCC(Oc2cc(C(F)(F)F)ccc2F)CC1. The van der Waals surface area contributed by atoms with Crippen molar-refractivity contribution in [1.29, 1.82) is 0 Å². The van der Waals surface area contributed by atoms with Crippen LogP contribution in [0.4, 0.5) is 17.6 Å². The molecule has 0 radical (unpaired) electrons. The van der Waals surface area contributed by atoms with Crippen LogP contribution < -0.4 is 10.5 Å². The normalized spacial score (nSPS) is 19.0. The number of piperidine rings is 1. The first-order valence-corrected chi connectivity index (χ1v) is 6.79. The molecule has 1 saturated heterocycles. The van der Waals surface area contributed by atoms with Gasteiger partial charge in [-0.05, 0) is 31.0 Å². The van der Waals surface area contributed by atoms with Crippen LogP contribution in [-0.4, -0.2) is 36.5 Å². The molecule has 122 valence electrons. The lowest BCUT2D eigenvalue weighted by atomic mass is 10.1.